The molecule has 1 N–H and O–H groups in total. The van der Waals surface area contributed by atoms with Gasteiger partial charge in [0.15, 0.2) is 0 Å². The van der Waals surface area contributed by atoms with Crippen LogP contribution in [0.3, 0.4) is 0 Å². The van der Waals surface area contributed by atoms with Crippen molar-refractivity contribution in [3.63, 3.8) is 0 Å². The summed E-state index contributed by atoms with van der Waals surface area (Å²) in [4.78, 5) is 15.1. The first-order valence-electron chi connectivity index (χ1n) is 8.16. The van der Waals surface area contributed by atoms with E-state index in [1.165, 1.54) is 25.3 Å². The molecule has 1 amide bonds. The molecule has 2 heterocycles. The normalized spacial score (nSPS) is 19.5. The van der Waals surface area contributed by atoms with E-state index in [-0.39, 0.29) is 18.1 Å². The van der Waals surface area contributed by atoms with E-state index in [1.807, 2.05) is 27.7 Å². The van der Waals surface area contributed by atoms with Crippen LogP contribution in [0.25, 0.3) is 6.08 Å². The summed E-state index contributed by atoms with van der Waals surface area (Å²) >= 11 is 0. The second kappa shape index (κ2) is 7.04. The van der Waals surface area contributed by atoms with Gasteiger partial charge in [-0.15, -0.1) is 0 Å². The van der Waals surface area contributed by atoms with Gasteiger partial charge < -0.3 is 14.6 Å². The van der Waals surface area contributed by atoms with Crippen molar-refractivity contribution in [2.45, 2.75) is 52.0 Å². The Morgan fingerprint density at radius 2 is 1.85 bits per heavy atom. The van der Waals surface area contributed by atoms with Gasteiger partial charge in [0, 0.05) is 19.7 Å². The number of nitrogens with one attached hydrogen (secondary N) is 1. The zero-order chi connectivity index (χ0) is 19.8. The Morgan fingerprint density at radius 3 is 2.35 bits per heavy atom. The van der Waals surface area contributed by atoms with Crippen molar-refractivity contribution in [2.24, 2.45) is 0 Å². The Balaban J connectivity index is 2.44. The maximum Gasteiger partial charge on any atom is 0.492 e. The first kappa shape index (κ1) is 20.4. The lowest BCUT2D eigenvalue weighted by atomic mass is 9.77. The molecule has 2 rings (SSSR count). The molecule has 5 nitrogen and oxygen atoms in total. The quantitative estimate of drug-likeness (QED) is 0.827. The molecule has 0 atom stereocenters. The number of hydrogen-bond donors (Lipinski definition) is 1. The predicted octanol–water partition coefficient (Wildman–Crippen LogP) is 3.25. The molecule has 0 unspecified atom stereocenters. The molecule has 142 valence electrons. The number of amides is 1. The van der Waals surface area contributed by atoms with Gasteiger partial charge in [0.25, 0.3) is 0 Å². The SMILES string of the molecule is CC(=O)NCC(=Cc1ncccc1C(F)(F)F)B1OC(C)(C)C(C)(C)O1. The van der Waals surface area contributed by atoms with Crippen LogP contribution in [0, 0.1) is 0 Å². The zero-order valence-electron chi connectivity index (χ0n) is 15.4. The molecule has 0 aromatic carbocycles. The monoisotopic (exact) mass is 370 g/mol. The maximum absolute atomic E-state index is 13.2. The molecule has 0 spiro atoms. The van der Waals surface area contributed by atoms with Crippen molar-refractivity contribution >= 4 is 19.1 Å². The fourth-order valence-corrected chi connectivity index (χ4v) is 2.37. The van der Waals surface area contributed by atoms with Crippen molar-refractivity contribution in [1.29, 1.82) is 0 Å². The van der Waals surface area contributed by atoms with Gasteiger partial charge in [-0.05, 0) is 51.4 Å². The van der Waals surface area contributed by atoms with E-state index >= 15 is 0 Å². The van der Waals surface area contributed by atoms with E-state index in [4.69, 9.17) is 9.31 Å². The molecule has 26 heavy (non-hydrogen) atoms. The van der Waals surface area contributed by atoms with Crippen LogP contribution in [0.5, 0.6) is 0 Å². The number of nitrogens with zero attached hydrogens (tertiary/aromatic N) is 1. The van der Waals surface area contributed by atoms with Crippen LogP contribution in [0.4, 0.5) is 13.2 Å². The smallest absolute Gasteiger partial charge is 0.400 e. The highest BCUT2D eigenvalue weighted by Crippen LogP contribution is 2.39. The van der Waals surface area contributed by atoms with Crippen LogP contribution >= 0.6 is 0 Å². The van der Waals surface area contributed by atoms with Gasteiger partial charge in [-0.2, -0.15) is 13.2 Å². The second-order valence-corrected chi connectivity index (χ2v) is 7.15. The number of carbonyl (C=O) groups is 1. The maximum atomic E-state index is 13.2. The van der Waals surface area contributed by atoms with Crippen LogP contribution < -0.4 is 5.32 Å². The van der Waals surface area contributed by atoms with Crippen LogP contribution in [-0.2, 0) is 20.3 Å². The zero-order valence-corrected chi connectivity index (χ0v) is 15.4. The number of carbonyl (C=O) groups excluding carboxylic acids is 1. The fourth-order valence-electron chi connectivity index (χ4n) is 2.37. The molecule has 9 heteroatoms. The van der Waals surface area contributed by atoms with E-state index in [2.05, 4.69) is 10.3 Å². The molecule has 1 saturated heterocycles. The minimum atomic E-state index is -4.55. The topological polar surface area (TPSA) is 60.5 Å². The summed E-state index contributed by atoms with van der Waals surface area (Å²) in [5, 5.41) is 2.58. The molecular weight excluding hydrogens is 348 g/mol. The molecule has 1 aliphatic heterocycles. The Kier molecular flexibility index (Phi) is 5.53. The largest absolute Gasteiger partial charge is 0.492 e. The van der Waals surface area contributed by atoms with Crippen molar-refractivity contribution in [2.75, 3.05) is 6.54 Å². The molecular formula is C17H22BF3N2O3. The van der Waals surface area contributed by atoms with Crippen LogP contribution in [0.15, 0.2) is 23.8 Å². The lowest BCUT2D eigenvalue weighted by Crippen LogP contribution is -2.41. The summed E-state index contributed by atoms with van der Waals surface area (Å²) in [7, 11) is -0.894. The average Bonchev–Trinajstić information content (AvgIpc) is 2.71. The number of pyridine rings is 1. The van der Waals surface area contributed by atoms with E-state index < -0.39 is 30.1 Å². The third kappa shape index (κ3) is 4.45. The third-order valence-electron chi connectivity index (χ3n) is 4.56. The third-order valence-corrected chi connectivity index (χ3v) is 4.56. The Hall–Kier alpha value is -1.87. The number of alkyl halides is 3. The molecule has 1 aromatic heterocycles. The summed E-state index contributed by atoms with van der Waals surface area (Å²) in [5.74, 6) is -0.315. The Morgan fingerprint density at radius 1 is 1.27 bits per heavy atom. The molecule has 1 aliphatic rings. The highest BCUT2D eigenvalue weighted by Gasteiger charge is 2.52. The molecule has 1 fully saturated rings. The highest BCUT2D eigenvalue weighted by atomic mass is 19.4. The summed E-state index contributed by atoms with van der Waals surface area (Å²) in [5.41, 5.74) is -2.09. The predicted molar refractivity (Wildman–Crippen MR) is 92.0 cm³/mol. The van der Waals surface area contributed by atoms with E-state index in [0.717, 1.165) is 6.07 Å². The van der Waals surface area contributed by atoms with Crippen molar-refractivity contribution in [3.05, 3.63) is 35.1 Å². The molecule has 1 aromatic rings. The summed E-state index contributed by atoms with van der Waals surface area (Å²) in [6.45, 7) is 8.66. The lowest BCUT2D eigenvalue weighted by molar-refractivity contribution is -0.138. The van der Waals surface area contributed by atoms with Crippen molar-refractivity contribution in [1.82, 2.24) is 10.3 Å². The molecule has 0 aliphatic carbocycles. The second-order valence-electron chi connectivity index (χ2n) is 7.15. The number of rotatable bonds is 4. The standard InChI is InChI=1S/C17H22BF3N2O3/c1-11(24)23-10-12(18-25-15(2,3)16(4,5)26-18)9-14-13(17(19,20)21)7-6-8-22-14/h6-9H,10H2,1-5H3,(H,23,24). The summed E-state index contributed by atoms with van der Waals surface area (Å²) in [6.07, 6.45) is -2.00. The van der Waals surface area contributed by atoms with Gasteiger partial charge in [0.2, 0.25) is 5.91 Å². The number of aromatic nitrogens is 1. The summed E-state index contributed by atoms with van der Waals surface area (Å²) < 4.78 is 51.5. The van der Waals surface area contributed by atoms with E-state index in [1.54, 1.807) is 0 Å². The van der Waals surface area contributed by atoms with Crippen molar-refractivity contribution in [3.8, 4) is 0 Å². The minimum Gasteiger partial charge on any atom is -0.400 e. The number of halogens is 3. The van der Waals surface area contributed by atoms with Gasteiger partial charge in [-0.3, -0.25) is 9.78 Å². The number of hydrogen-bond acceptors (Lipinski definition) is 4. The summed E-state index contributed by atoms with van der Waals surface area (Å²) in [6, 6.07) is 2.18. The Labute approximate surface area is 151 Å². The van der Waals surface area contributed by atoms with Gasteiger partial charge in [0.05, 0.1) is 22.5 Å². The molecule has 0 radical (unpaired) electrons. The van der Waals surface area contributed by atoms with Gasteiger partial charge >= 0.3 is 13.3 Å². The van der Waals surface area contributed by atoms with Gasteiger partial charge in [0.1, 0.15) is 0 Å². The Bertz CT molecular complexity index is 701. The fraction of sp³-hybridized carbons (Fsp3) is 0.529. The van der Waals surface area contributed by atoms with Crippen LogP contribution in [0.2, 0.25) is 0 Å². The minimum absolute atomic E-state index is 0.0139. The molecule has 0 bridgehead atoms. The average molecular weight is 370 g/mol. The van der Waals surface area contributed by atoms with Gasteiger partial charge in [-0.1, -0.05) is 0 Å². The van der Waals surface area contributed by atoms with Gasteiger partial charge in [-0.25, -0.2) is 0 Å². The van der Waals surface area contributed by atoms with Crippen LogP contribution in [0.1, 0.15) is 45.9 Å². The first-order chi connectivity index (χ1) is 11.8. The highest BCUT2D eigenvalue weighted by molar-refractivity contribution is 6.56. The molecule has 0 saturated carbocycles. The van der Waals surface area contributed by atoms with Crippen molar-refractivity contribution < 1.29 is 27.3 Å². The van der Waals surface area contributed by atoms with Crippen LogP contribution in [-0.4, -0.2) is 35.8 Å². The lowest BCUT2D eigenvalue weighted by Gasteiger charge is -2.32. The van der Waals surface area contributed by atoms with E-state index in [9.17, 15) is 18.0 Å². The van der Waals surface area contributed by atoms with E-state index in [0.29, 0.717) is 5.47 Å². The first-order valence-corrected chi connectivity index (χ1v) is 8.16.